The smallest absolute Gasteiger partial charge is 0.0915 e. The lowest BCUT2D eigenvalue weighted by Crippen LogP contribution is -3.00. The second-order valence-corrected chi connectivity index (χ2v) is 7.71. The van der Waals surface area contributed by atoms with Gasteiger partial charge in [-0.05, 0) is 41.5 Å². The van der Waals surface area contributed by atoms with Crippen molar-refractivity contribution in [2.75, 3.05) is 91.6 Å². The van der Waals surface area contributed by atoms with E-state index in [0.29, 0.717) is 0 Å². The van der Waals surface area contributed by atoms with Gasteiger partial charge in [-0.3, -0.25) is 9.80 Å². The number of quaternary nitrogens is 2. The SMILES string of the molecule is CC[N+](CC)(CC)CCN1CCN(CC[N+](CC)(CC)CC)CC1.[Br-].[Br-]. The molecule has 1 heterocycles. The minimum Gasteiger partial charge on any atom is -1.00 e. The van der Waals surface area contributed by atoms with Gasteiger partial charge in [-0.2, -0.15) is 0 Å². The Morgan fingerprint density at radius 1 is 0.500 bits per heavy atom. The Morgan fingerprint density at radius 2 is 0.731 bits per heavy atom. The Balaban J connectivity index is 0. The first kappa shape index (κ1) is 29.0. The van der Waals surface area contributed by atoms with Gasteiger partial charge in [0.05, 0.1) is 52.4 Å². The molecule has 0 aromatic carbocycles. The van der Waals surface area contributed by atoms with E-state index in [4.69, 9.17) is 0 Å². The van der Waals surface area contributed by atoms with Crippen molar-refractivity contribution >= 4 is 0 Å². The second kappa shape index (κ2) is 14.7. The molecule has 26 heavy (non-hydrogen) atoms. The Hall–Kier alpha value is 0.800. The summed E-state index contributed by atoms with van der Waals surface area (Å²) in [4.78, 5) is 5.40. The third kappa shape index (κ3) is 8.44. The number of hydrogen-bond acceptors (Lipinski definition) is 2. The van der Waals surface area contributed by atoms with Gasteiger partial charge in [0.25, 0.3) is 0 Å². The van der Waals surface area contributed by atoms with E-state index in [9.17, 15) is 0 Å². The summed E-state index contributed by atoms with van der Waals surface area (Å²) in [5.74, 6) is 0. The summed E-state index contributed by atoms with van der Waals surface area (Å²) in [5, 5.41) is 0. The van der Waals surface area contributed by atoms with Gasteiger partial charge >= 0.3 is 0 Å². The van der Waals surface area contributed by atoms with Crippen LogP contribution in [-0.2, 0) is 0 Å². The topological polar surface area (TPSA) is 6.48 Å². The van der Waals surface area contributed by atoms with Crippen LogP contribution in [0.4, 0.5) is 0 Å². The maximum absolute atomic E-state index is 2.70. The molecule has 0 bridgehead atoms. The summed E-state index contributed by atoms with van der Waals surface area (Å²) in [6.45, 7) is 32.0. The molecule has 1 fully saturated rings. The molecule has 0 unspecified atom stereocenters. The van der Waals surface area contributed by atoms with E-state index in [1.54, 1.807) is 0 Å². The number of likely N-dealkylation sites (N-methyl/N-ethyl adjacent to an activating group) is 2. The zero-order valence-electron chi connectivity index (χ0n) is 18.4. The fourth-order valence-corrected chi connectivity index (χ4v) is 4.23. The van der Waals surface area contributed by atoms with E-state index in [2.05, 4.69) is 51.3 Å². The van der Waals surface area contributed by atoms with E-state index in [1.165, 1.54) is 101 Å². The molecular weight excluding hydrogens is 456 g/mol. The lowest BCUT2D eigenvalue weighted by molar-refractivity contribution is -0.923. The van der Waals surface area contributed by atoms with Crippen LogP contribution in [0.15, 0.2) is 0 Å². The first-order valence-electron chi connectivity index (χ1n) is 10.7. The highest BCUT2D eigenvalue weighted by Crippen LogP contribution is 2.10. The van der Waals surface area contributed by atoms with Crippen molar-refractivity contribution in [2.45, 2.75) is 41.5 Å². The summed E-state index contributed by atoms with van der Waals surface area (Å²) in [6.07, 6.45) is 0. The van der Waals surface area contributed by atoms with Gasteiger partial charge in [0.15, 0.2) is 0 Å². The summed E-state index contributed by atoms with van der Waals surface area (Å²) >= 11 is 0. The van der Waals surface area contributed by atoms with Crippen LogP contribution in [0.2, 0.25) is 0 Å². The first-order valence-corrected chi connectivity index (χ1v) is 10.7. The van der Waals surface area contributed by atoms with Crippen LogP contribution in [0.3, 0.4) is 0 Å². The monoisotopic (exact) mass is 500 g/mol. The summed E-state index contributed by atoms with van der Waals surface area (Å²) < 4.78 is 2.56. The number of halogens is 2. The normalized spacial score (nSPS) is 16.8. The van der Waals surface area contributed by atoms with Gasteiger partial charge in [0, 0.05) is 39.3 Å². The van der Waals surface area contributed by atoms with Crippen molar-refractivity contribution < 1.29 is 42.9 Å². The van der Waals surface area contributed by atoms with Gasteiger partial charge in [0.1, 0.15) is 0 Å². The van der Waals surface area contributed by atoms with Crippen LogP contribution in [0.1, 0.15) is 41.5 Å². The highest BCUT2D eigenvalue weighted by molar-refractivity contribution is 4.72. The van der Waals surface area contributed by atoms with Crippen molar-refractivity contribution in [2.24, 2.45) is 0 Å². The van der Waals surface area contributed by atoms with Gasteiger partial charge in [-0.1, -0.05) is 0 Å². The van der Waals surface area contributed by atoms with Crippen LogP contribution < -0.4 is 34.0 Å². The highest BCUT2D eigenvalue weighted by atomic mass is 79.9. The lowest BCUT2D eigenvalue weighted by atomic mass is 10.2. The molecule has 0 spiro atoms. The number of rotatable bonds is 12. The molecule has 1 aliphatic heterocycles. The Bertz CT molecular complexity index is 277. The molecule has 0 aliphatic carbocycles. The molecule has 0 radical (unpaired) electrons. The molecule has 160 valence electrons. The molecular formula is C20H46Br2N4. The predicted octanol–water partition coefficient (Wildman–Crippen LogP) is -3.63. The largest absolute Gasteiger partial charge is 1.00 e. The minimum absolute atomic E-state index is 0. The summed E-state index contributed by atoms with van der Waals surface area (Å²) in [7, 11) is 0. The van der Waals surface area contributed by atoms with Crippen molar-refractivity contribution in [1.29, 1.82) is 0 Å². The quantitative estimate of drug-likeness (QED) is 0.255. The number of nitrogens with zero attached hydrogens (tertiary/aromatic N) is 4. The number of piperazine rings is 1. The molecule has 1 aliphatic rings. The highest BCUT2D eigenvalue weighted by Gasteiger charge is 2.26. The van der Waals surface area contributed by atoms with Gasteiger partial charge in [-0.15, -0.1) is 0 Å². The number of hydrogen-bond donors (Lipinski definition) is 0. The second-order valence-electron chi connectivity index (χ2n) is 7.71. The molecule has 0 atom stereocenters. The zero-order valence-corrected chi connectivity index (χ0v) is 21.6. The Morgan fingerprint density at radius 3 is 0.923 bits per heavy atom. The van der Waals surface area contributed by atoms with E-state index >= 15 is 0 Å². The molecule has 0 N–H and O–H groups in total. The Kier molecular flexibility index (Phi) is 16.5. The maximum atomic E-state index is 2.70. The fraction of sp³-hybridized carbons (Fsp3) is 1.00. The molecule has 4 nitrogen and oxygen atoms in total. The van der Waals surface area contributed by atoms with Crippen LogP contribution in [0, 0.1) is 0 Å². The maximum Gasteiger partial charge on any atom is 0.0915 e. The average Bonchev–Trinajstić information content (AvgIpc) is 2.66. The third-order valence-corrected chi connectivity index (χ3v) is 7.27. The van der Waals surface area contributed by atoms with Crippen LogP contribution in [-0.4, -0.2) is 110 Å². The third-order valence-electron chi connectivity index (χ3n) is 7.27. The molecule has 0 aromatic heterocycles. The van der Waals surface area contributed by atoms with Crippen molar-refractivity contribution in [1.82, 2.24) is 9.80 Å². The lowest BCUT2D eigenvalue weighted by Gasteiger charge is -2.41. The average molecular weight is 502 g/mol. The van der Waals surface area contributed by atoms with Crippen molar-refractivity contribution in [3.05, 3.63) is 0 Å². The van der Waals surface area contributed by atoms with E-state index in [1.807, 2.05) is 0 Å². The first-order chi connectivity index (χ1) is 11.5. The summed E-state index contributed by atoms with van der Waals surface area (Å²) in [5.41, 5.74) is 0. The minimum atomic E-state index is 0. The van der Waals surface area contributed by atoms with E-state index < -0.39 is 0 Å². The van der Waals surface area contributed by atoms with Crippen molar-refractivity contribution in [3.63, 3.8) is 0 Å². The van der Waals surface area contributed by atoms with Crippen LogP contribution >= 0.6 is 0 Å². The molecule has 0 saturated carbocycles. The van der Waals surface area contributed by atoms with E-state index in [0.717, 1.165) is 0 Å². The standard InChI is InChI=1S/C20H46N4.2BrH/c1-7-23(8-2,9-3)19-17-21-13-15-22(16-14-21)18-20-24(10-4,11-5)12-6;;/h7-20H2,1-6H3;2*1H/q+2;;/p-2. The molecule has 1 rings (SSSR count). The zero-order chi connectivity index (χ0) is 18.1. The predicted molar refractivity (Wildman–Crippen MR) is 106 cm³/mol. The molecule has 1 saturated heterocycles. The van der Waals surface area contributed by atoms with Gasteiger partial charge in [-0.25, -0.2) is 0 Å². The molecule has 0 amide bonds. The van der Waals surface area contributed by atoms with Gasteiger partial charge in [0.2, 0.25) is 0 Å². The van der Waals surface area contributed by atoms with Crippen molar-refractivity contribution in [3.8, 4) is 0 Å². The van der Waals surface area contributed by atoms with Gasteiger partial charge < -0.3 is 42.9 Å². The molecule has 6 heteroatoms. The summed E-state index contributed by atoms with van der Waals surface area (Å²) in [6, 6.07) is 0. The fourth-order valence-electron chi connectivity index (χ4n) is 4.23. The van der Waals surface area contributed by atoms with Crippen LogP contribution in [0.5, 0.6) is 0 Å². The molecule has 0 aromatic rings. The Labute approximate surface area is 185 Å². The van der Waals surface area contributed by atoms with Crippen LogP contribution in [0.25, 0.3) is 0 Å². The van der Waals surface area contributed by atoms with E-state index in [-0.39, 0.29) is 34.0 Å².